The van der Waals surface area contributed by atoms with Gasteiger partial charge in [-0.2, -0.15) is 0 Å². The molecule has 1 aromatic carbocycles. The Labute approximate surface area is 143 Å². The minimum Gasteiger partial charge on any atom is -0.377 e. The Morgan fingerprint density at radius 1 is 1.29 bits per heavy atom. The predicted molar refractivity (Wildman–Crippen MR) is 90.9 cm³/mol. The Balaban J connectivity index is 1.55. The lowest BCUT2D eigenvalue weighted by molar-refractivity contribution is -0.127. The van der Waals surface area contributed by atoms with Crippen LogP contribution in [0.25, 0.3) is 0 Å². The molecule has 1 amide bonds. The Morgan fingerprint density at radius 2 is 2.04 bits per heavy atom. The van der Waals surface area contributed by atoms with Crippen molar-refractivity contribution in [1.29, 1.82) is 0 Å². The number of carbonyl (C=O) groups excluding carboxylic acids is 1. The number of amides is 1. The highest BCUT2D eigenvalue weighted by molar-refractivity contribution is 7.88. The molecule has 0 bridgehead atoms. The van der Waals surface area contributed by atoms with E-state index >= 15 is 0 Å². The number of sulfonamides is 1. The van der Waals surface area contributed by atoms with Gasteiger partial charge in [-0.15, -0.1) is 0 Å². The van der Waals surface area contributed by atoms with Crippen molar-refractivity contribution in [2.75, 3.05) is 19.4 Å². The summed E-state index contributed by atoms with van der Waals surface area (Å²) in [7, 11) is -3.26. The third-order valence-corrected chi connectivity index (χ3v) is 5.61. The van der Waals surface area contributed by atoms with E-state index < -0.39 is 10.0 Å². The molecule has 1 heterocycles. The third kappa shape index (κ3) is 4.15. The SMILES string of the molecule is CS(=O)(=O)NCCC(=O)N[C@@H]1[C@@H](Cc2ccccc2)[C@H]2OCC[C@@H]12. The fourth-order valence-electron chi connectivity index (χ4n) is 3.78. The largest absolute Gasteiger partial charge is 0.377 e. The van der Waals surface area contributed by atoms with Crippen LogP contribution in [-0.4, -0.2) is 45.9 Å². The molecule has 0 unspecified atom stereocenters. The Morgan fingerprint density at radius 3 is 2.75 bits per heavy atom. The zero-order valence-electron chi connectivity index (χ0n) is 13.8. The van der Waals surface area contributed by atoms with Crippen molar-refractivity contribution in [3.05, 3.63) is 35.9 Å². The second-order valence-electron chi connectivity index (χ2n) is 6.65. The van der Waals surface area contributed by atoms with Gasteiger partial charge in [0, 0.05) is 37.5 Å². The maximum atomic E-state index is 12.1. The maximum Gasteiger partial charge on any atom is 0.221 e. The molecule has 1 aliphatic carbocycles. The maximum absolute atomic E-state index is 12.1. The van der Waals surface area contributed by atoms with E-state index in [9.17, 15) is 13.2 Å². The van der Waals surface area contributed by atoms with E-state index in [1.54, 1.807) is 0 Å². The number of fused-ring (bicyclic) bond motifs is 1. The molecule has 3 rings (SSSR count). The molecule has 0 aromatic heterocycles. The first kappa shape index (κ1) is 17.4. The molecular weight excluding hydrogens is 328 g/mol. The van der Waals surface area contributed by atoms with Gasteiger partial charge in [-0.1, -0.05) is 30.3 Å². The van der Waals surface area contributed by atoms with Crippen molar-refractivity contribution in [2.45, 2.75) is 31.4 Å². The second kappa shape index (κ2) is 7.21. The van der Waals surface area contributed by atoms with Crippen molar-refractivity contribution in [3.8, 4) is 0 Å². The molecule has 0 radical (unpaired) electrons. The quantitative estimate of drug-likeness (QED) is 0.756. The van der Waals surface area contributed by atoms with Crippen LogP contribution in [0.1, 0.15) is 18.4 Å². The standard InChI is InChI=1S/C17H24N2O4S/c1-24(21,22)18-9-7-15(20)19-16-13-8-10-23-17(13)14(16)11-12-5-3-2-4-6-12/h2-6,13-14,16-18H,7-11H2,1H3,(H,19,20)/t13-,14+,16-,17-/m0/s1. The summed E-state index contributed by atoms with van der Waals surface area (Å²) in [5, 5.41) is 3.09. The first-order valence-corrected chi connectivity index (χ1v) is 10.2. The van der Waals surface area contributed by atoms with E-state index in [4.69, 9.17) is 4.74 Å². The molecule has 7 heteroatoms. The molecule has 2 N–H and O–H groups in total. The number of hydrogen-bond acceptors (Lipinski definition) is 4. The van der Waals surface area contributed by atoms with E-state index in [-0.39, 0.29) is 36.9 Å². The summed E-state index contributed by atoms with van der Waals surface area (Å²) in [5.74, 6) is 0.553. The van der Waals surface area contributed by atoms with Gasteiger partial charge >= 0.3 is 0 Å². The molecule has 1 saturated heterocycles. The first-order valence-electron chi connectivity index (χ1n) is 8.33. The van der Waals surface area contributed by atoms with Crippen LogP contribution in [0.5, 0.6) is 0 Å². The van der Waals surface area contributed by atoms with Crippen LogP contribution in [0.2, 0.25) is 0 Å². The summed E-state index contributed by atoms with van der Waals surface area (Å²) in [5.41, 5.74) is 1.24. The fraction of sp³-hybridized carbons (Fsp3) is 0.588. The lowest BCUT2D eigenvalue weighted by atomic mass is 9.64. The summed E-state index contributed by atoms with van der Waals surface area (Å²) in [6, 6.07) is 10.3. The van der Waals surface area contributed by atoms with Crippen molar-refractivity contribution < 1.29 is 17.9 Å². The van der Waals surface area contributed by atoms with E-state index in [2.05, 4.69) is 22.2 Å². The number of ether oxygens (including phenoxy) is 1. The molecule has 1 aliphatic heterocycles. The van der Waals surface area contributed by atoms with Crippen LogP contribution < -0.4 is 10.0 Å². The van der Waals surface area contributed by atoms with Crippen molar-refractivity contribution in [2.24, 2.45) is 11.8 Å². The van der Waals surface area contributed by atoms with Gasteiger partial charge in [0.1, 0.15) is 0 Å². The molecule has 6 nitrogen and oxygen atoms in total. The van der Waals surface area contributed by atoms with Gasteiger partial charge in [-0.25, -0.2) is 13.1 Å². The monoisotopic (exact) mass is 352 g/mol. The normalized spacial score (nSPS) is 28.9. The Bertz CT molecular complexity index is 677. The highest BCUT2D eigenvalue weighted by Crippen LogP contribution is 2.45. The number of carbonyl (C=O) groups is 1. The van der Waals surface area contributed by atoms with Crippen LogP contribution in [0.4, 0.5) is 0 Å². The third-order valence-electron chi connectivity index (χ3n) is 4.89. The molecule has 2 fully saturated rings. The number of hydrogen-bond donors (Lipinski definition) is 2. The van der Waals surface area contributed by atoms with E-state index in [0.717, 1.165) is 25.7 Å². The number of benzene rings is 1. The first-order chi connectivity index (χ1) is 11.4. The fourth-order valence-corrected chi connectivity index (χ4v) is 4.25. The zero-order valence-corrected chi connectivity index (χ0v) is 14.6. The van der Waals surface area contributed by atoms with Crippen LogP contribution in [-0.2, 0) is 26.0 Å². The Kier molecular flexibility index (Phi) is 5.22. The van der Waals surface area contributed by atoms with Crippen molar-refractivity contribution >= 4 is 15.9 Å². The summed E-state index contributed by atoms with van der Waals surface area (Å²) in [6.45, 7) is 0.883. The smallest absolute Gasteiger partial charge is 0.221 e. The van der Waals surface area contributed by atoms with Gasteiger partial charge < -0.3 is 10.1 Å². The highest BCUT2D eigenvalue weighted by Gasteiger charge is 2.53. The van der Waals surface area contributed by atoms with Gasteiger partial charge in [0.2, 0.25) is 15.9 Å². The van der Waals surface area contributed by atoms with E-state index in [1.807, 2.05) is 18.2 Å². The predicted octanol–water partition coefficient (Wildman–Crippen LogP) is 0.688. The zero-order chi connectivity index (χ0) is 17.2. The van der Waals surface area contributed by atoms with Crippen LogP contribution in [0.15, 0.2) is 30.3 Å². The van der Waals surface area contributed by atoms with Crippen LogP contribution >= 0.6 is 0 Å². The van der Waals surface area contributed by atoms with Gasteiger partial charge in [-0.05, 0) is 18.4 Å². The average Bonchev–Trinajstić information content (AvgIpc) is 2.95. The van der Waals surface area contributed by atoms with Gasteiger partial charge in [-0.3, -0.25) is 4.79 Å². The van der Waals surface area contributed by atoms with Gasteiger partial charge in [0.15, 0.2) is 0 Å². The topological polar surface area (TPSA) is 84.5 Å². The number of nitrogens with one attached hydrogen (secondary N) is 2. The Hall–Kier alpha value is -1.44. The van der Waals surface area contributed by atoms with E-state index in [1.165, 1.54) is 5.56 Å². The molecule has 24 heavy (non-hydrogen) atoms. The molecule has 4 atom stereocenters. The van der Waals surface area contributed by atoms with Crippen LogP contribution in [0, 0.1) is 11.8 Å². The van der Waals surface area contributed by atoms with Gasteiger partial charge in [0.05, 0.1) is 12.4 Å². The molecule has 0 spiro atoms. The highest BCUT2D eigenvalue weighted by atomic mass is 32.2. The molecule has 132 valence electrons. The lowest BCUT2D eigenvalue weighted by Gasteiger charge is -2.48. The van der Waals surface area contributed by atoms with Crippen LogP contribution in [0.3, 0.4) is 0 Å². The average molecular weight is 352 g/mol. The van der Waals surface area contributed by atoms with Gasteiger partial charge in [0.25, 0.3) is 0 Å². The lowest BCUT2D eigenvalue weighted by Crippen LogP contribution is -2.62. The van der Waals surface area contributed by atoms with Crippen molar-refractivity contribution in [3.63, 3.8) is 0 Å². The summed E-state index contributed by atoms with van der Waals surface area (Å²) in [6.07, 6.45) is 3.33. The minimum absolute atomic E-state index is 0.112. The molecule has 2 aliphatic rings. The minimum atomic E-state index is -3.26. The molecule has 1 saturated carbocycles. The summed E-state index contributed by atoms with van der Waals surface area (Å²) >= 11 is 0. The van der Waals surface area contributed by atoms with Crippen molar-refractivity contribution in [1.82, 2.24) is 10.0 Å². The summed E-state index contributed by atoms with van der Waals surface area (Å²) < 4.78 is 30.3. The molecular formula is C17H24N2O4S. The molecule has 1 aromatic rings. The number of rotatable bonds is 7. The second-order valence-corrected chi connectivity index (χ2v) is 8.48. The summed E-state index contributed by atoms with van der Waals surface area (Å²) in [4.78, 5) is 12.1. The van der Waals surface area contributed by atoms with E-state index in [0.29, 0.717) is 5.92 Å².